The molecule has 4 aromatic rings. The van der Waals surface area contributed by atoms with Gasteiger partial charge in [0.2, 0.25) is 0 Å². The summed E-state index contributed by atoms with van der Waals surface area (Å²) in [6, 6.07) is 13.5. The van der Waals surface area contributed by atoms with E-state index in [0.717, 1.165) is 32.3 Å². The first-order chi connectivity index (χ1) is 14.0. The van der Waals surface area contributed by atoms with E-state index >= 15 is 0 Å². The fourth-order valence-electron chi connectivity index (χ4n) is 3.15. The molecule has 1 amide bonds. The summed E-state index contributed by atoms with van der Waals surface area (Å²) in [7, 11) is 0. The molecule has 0 aliphatic heterocycles. The van der Waals surface area contributed by atoms with Crippen LogP contribution in [0.3, 0.4) is 0 Å². The maximum Gasteiger partial charge on any atom is 0.310 e. The van der Waals surface area contributed by atoms with E-state index in [1.807, 2.05) is 56.3 Å². The molecular weight excluding hydrogens is 388 g/mol. The first-order valence-electron chi connectivity index (χ1n) is 9.33. The molecule has 0 radical (unpaired) electrons. The monoisotopic (exact) mass is 408 g/mol. The summed E-state index contributed by atoms with van der Waals surface area (Å²) in [5, 5.41) is 1.48. The lowest BCUT2D eigenvalue weighted by Gasteiger charge is -2.17. The number of benzene rings is 2. The number of ether oxygens (including phenoxy) is 1. The summed E-state index contributed by atoms with van der Waals surface area (Å²) in [6.07, 6.45) is 1.61. The number of likely N-dealkylation sites (N-methyl/N-ethyl adjacent to an activating group) is 1. The highest BCUT2D eigenvalue weighted by Gasteiger charge is 2.20. The van der Waals surface area contributed by atoms with Crippen LogP contribution in [-0.2, 0) is 20.7 Å². The number of esters is 1. The van der Waals surface area contributed by atoms with Gasteiger partial charge in [-0.1, -0.05) is 35.6 Å². The van der Waals surface area contributed by atoms with E-state index in [4.69, 9.17) is 9.15 Å². The van der Waals surface area contributed by atoms with Gasteiger partial charge in [-0.15, -0.1) is 0 Å². The van der Waals surface area contributed by atoms with Crippen LogP contribution >= 0.6 is 11.3 Å². The molecule has 0 atom stereocenters. The molecule has 0 aliphatic rings. The zero-order valence-electron chi connectivity index (χ0n) is 16.2. The molecule has 29 heavy (non-hydrogen) atoms. The molecule has 0 bridgehead atoms. The van der Waals surface area contributed by atoms with Gasteiger partial charge in [-0.3, -0.25) is 14.5 Å². The molecule has 0 saturated heterocycles. The molecular formula is C22H20N2O4S. The second-order valence-corrected chi connectivity index (χ2v) is 7.71. The normalized spacial score (nSPS) is 11.1. The smallest absolute Gasteiger partial charge is 0.310 e. The molecule has 7 heteroatoms. The van der Waals surface area contributed by atoms with Crippen LogP contribution in [0.5, 0.6) is 0 Å². The first kappa shape index (κ1) is 19.1. The number of hydrogen-bond acceptors (Lipinski definition) is 6. The van der Waals surface area contributed by atoms with Crippen molar-refractivity contribution in [2.24, 2.45) is 0 Å². The Labute approximate surface area is 171 Å². The van der Waals surface area contributed by atoms with Crippen LogP contribution in [0.4, 0.5) is 5.13 Å². The summed E-state index contributed by atoms with van der Waals surface area (Å²) in [5.74, 6) is -0.769. The van der Waals surface area contributed by atoms with Gasteiger partial charge < -0.3 is 9.15 Å². The minimum absolute atomic E-state index is 0.0522. The molecule has 148 valence electrons. The molecule has 0 N–H and O–H groups in total. The fraction of sp³-hybridized carbons (Fsp3) is 0.227. The molecule has 0 fully saturated rings. The predicted octanol–water partition coefficient (Wildman–Crippen LogP) is 4.49. The van der Waals surface area contributed by atoms with Crippen molar-refractivity contribution < 1.29 is 18.7 Å². The van der Waals surface area contributed by atoms with E-state index in [9.17, 15) is 9.59 Å². The number of anilines is 1. The van der Waals surface area contributed by atoms with Gasteiger partial charge in [0, 0.05) is 17.5 Å². The maximum absolute atomic E-state index is 12.6. The molecule has 6 nitrogen and oxygen atoms in total. The summed E-state index contributed by atoms with van der Waals surface area (Å²) in [6.45, 7) is 3.97. The van der Waals surface area contributed by atoms with Gasteiger partial charge in [-0.2, -0.15) is 0 Å². The number of aryl methyl sites for hydroxylation is 1. The molecule has 2 aromatic heterocycles. The number of hydrogen-bond donors (Lipinski definition) is 0. The van der Waals surface area contributed by atoms with Crippen LogP contribution in [0.15, 0.2) is 53.1 Å². The third-order valence-electron chi connectivity index (χ3n) is 4.63. The zero-order valence-corrected chi connectivity index (χ0v) is 17.0. The Kier molecular flexibility index (Phi) is 5.31. The summed E-state index contributed by atoms with van der Waals surface area (Å²) in [4.78, 5) is 30.9. The van der Waals surface area contributed by atoms with Crippen LogP contribution in [0.2, 0.25) is 0 Å². The van der Waals surface area contributed by atoms with Gasteiger partial charge in [0.05, 0.1) is 22.9 Å². The van der Waals surface area contributed by atoms with Gasteiger partial charge >= 0.3 is 5.97 Å². The van der Waals surface area contributed by atoms with Crippen LogP contribution in [0.1, 0.15) is 18.1 Å². The van der Waals surface area contributed by atoms with Crippen LogP contribution in [0.25, 0.3) is 21.2 Å². The number of carbonyl (C=O) groups excluding carboxylic acids is 2. The number of aromatic nitrogens is 1. The van der Waals surface area contributed by atoms with Crippen molar-refractivity contribution in [3.05, 3.63) is 59.9 Å². The highest BCUT2D eigenvalue weighted by molar-refractivity contribution is 7.22. The van der Waals surface area contributed by atoms with E-state index < -0.39 is 5.97 Å². The molecule has 0 saturated carbocycles. The third-order valence-corrected chi connectivity index (χ3v) is 5.69. The number of amides is 1. The van der Waals surface area contributed by atoms with Crippen molar-refractivity contribution in [3.63, 3.8) is 0 Å². The van der Waals surface area contributed by atoms with E-state index in [2.05, 4.69) is 4.98 Å². The van der Waals surface area contributed by atoms with Gasteiger partial charge in [0.15, 0.2) is 11.7 Å². The van der Waals surface area contributed by atoms with E-state index in [0.29, 0.717) is 11.7 Å². The van der Waals surface area contributed by atoms with Gasteiger partial charge in [0.25, 0.3) is 5.91 Å². The van der Waals surface area contributed by atoms with Crippen LogP contribution in [-0.4, -0.2) is 30.0 Å². The number of carbonyl (C=O) groups is 2. The average Bonchev–Trinajstić information content (AvgIpc) is 3.30. The van der Waals surface area contributed by atoms with Gasteiger partial charge in [0.1, 0.15) is 5.58 Å². The molecule has 2 heterocycles. The lowest BCUT2D eigenvalue weighted by atomic mass is 10.1. The zero-order chi connectivity index (χ0) is 20.4. The molecule has 0 unspecified atom stereocenters. The Bertz CT molecular complexity index is 1160. The first-order valence-corrected chi connectivity index (χ1v) is 10.1. The number of nitrogens with zero attached hydrogens (tertiary/aromatic N) is 2. The fourth-order valence-corrected chi connectivity index (χ4v) is 4.19. The predicted molar refractivity (Wildman–Crippen MR) is 113 cm³/mol. The van der Waals surface area contributed by atoms with E-state index in [1.165, 1.54) is 16.2 Å². The highest BCUT2D eigenvalue weighted by Crippen LogP contribution is 2.28. The Hall–Kier alpha value is -3.19. The van der Waals surface area contributed by atoms with Crippen molar-refractivity contribution in [1.82, 2.24) is 4.98 Å². The van der Waals surface area contributed by atoms with Crippen molar-refractivity contribution in [1.29, 1.82) is 0 Å². The number of rotatable bonds is 6. The third kappa shape index (κ3) is 4.00. The number of thiazole rings is 1. The van der Waals surface area contributed by atoms with Crippen molar-refractivity contribution in [2.75, 3.05) is 18.1 Å². The number of para-hydroxylation sites is 1. The minimum Gasteiger partial charge on any atom is -0.464 e. The molecule has 0 aliphatic carbocycles. The number of furan rings is 1. The van der Waals surface area contributed by atoms with Crippen LogP contribution < -0.4 is 4.90 Å². The van der Waals surface area contributed by atoms with Crippen LogP contribution in [0, 0.1) is 6.92 Å². The summed E-state index contributed by atoms with van der Waals surface area (Å²) >= 11 is 1.44. The highest BCUT2D eigenvalue weighted by atomic mass is 32.1. The Morgan fingerprint density at radius 2 is 2.03 bits per heavy atom. The number of fused-ring (bicyclic) bond motifs is 2. The molecule has 0 spiro atoms. The van der Waals surface area contributed by atoms with E-state index in [1.54, 1.807) is 6.26 Å². The standard InChI is InChI=1S/C22H20N2O4S/c1-3-24(22-23-17-6-4-5-7-19(17)29-22)20(25)13-28-21(26)11-15-12-27-18-10-14(2)8-9-16(15)18/h4-10,12H,3,11,13H2,1-2H3. The van der Waals surface area contributed by atoms with E-state index in [-0.39, 0.29) is 18.9 Å². The van der Waals surface area contributed by atoms with Crippen molar-refractivity contribution >= 4 is 49.5 Å². The average molecular weight is 408 g/mol. The summed E-state index contributed by atoms with van der Waals surface area (Å²) < 4.78 is 11.7. The lowest BCUT2D eigenvalue weighted by Crippen LogP contribution is -2.34. The second-order valence-electron chi connectivity index (χ2n) is 6.70. The maximum atomic E-state index is 12.6. The lowest BCUT2D eigenvalue weighted by molar-refractivity contribution is -0.147. The van der Waals surface area contributed by atoms with Crippen molar-refractivity contribution in [3.8, 4) is 0 Å². The Morgan fingerprint density at radius 1 is 1.21 bits per heavy atom. The topological polar surface area (TPSA) is 72.6 Å². The molecule has 2 aromatic carbocycles. The SMILES string of the molecule is CCN(C(=O)COC(=O)Cc1coc2cc(C)ccc12)c1nc2ccccc2s1. The molecule has 4 rings (SSSR count). The quantitative estimate of drug-likeness (QED) is 0.440. The van der Waals surface area contributed by atoms with Gasteiger partial charge in [-0.05, 0) is 37.6 Å². The van der Waals surface area contributed by atoms with Crippen molar-refractivity contribution in [2.45, 2.75) is 20.3 Å². The Morgan fingerprint density at radius 3 is 2.83 bits per heavy atom. The van der Waals surface area contributed by atoms with Gasteiger partial charge in [-0.25, -0.2) is 4.98 Å². The second kappa shape index (κ2) is 8.05. The summed E-state index contributed by atoms with van der Waals surface area (Å²) in [5.41, 5.74) is 3.41. The Balaban J connectivity index is 1.40. The largest absolute Gasteiger partial charge is 0.464 e. The minimum atomic E-state index is -0.470.